The molecule has 0 aliphatic rings. The van der Waals surface area contributed by atoms with E-state index in [0.29, 0.717) is 5.56 Å². The van der Waals surface area contributed by atoms with Crippen LogP contribution in [0.2, 0.25) is 0 Å². The van der Waals surface area contributed by atoms with E-state index >= 15 is 0 Å². The van der Waals surface area contributed by atoms with Crippen LogP contribution >= 0.6 is 0 Å². The molecule has 14 aromatic rings. The van der Waals surface area contributed by atoms with Crippen LogP contribution in [0.4, 0.5) is 0 Å². The molecule has 0 aliphatic carbocycles. The van der Waals surface area contributed by atoms with Gasteiger partial charge in [-0.15, -0.1) is 0 Å². The maximum atomic E-state index is 10.2. The fraction of sp³-hybridized carbons (Fsp3) is 0. The molecule has 1 N–H and O–H groups in total. The van der Waals surface area contributed by atoms with Crippen molar-refractivity contribution in [3.05, 3.63) is 230 Å². The van der Waals surface area contributed by atoms with E-state index in [1.807, 2.05) is 24.4 Å². The van der Waals surface area contributed by atoms with Crippen LogP contribution in [0.1, 0.15) is 5.56 Å². The van der Waals surface area contributed by atoms with Gasteiger partial charge in [-0.05, 0) is 141 Å². The molecule has 0 aliphatic heterocycles. The molecule has 0 bridgehead atoms. The zero-order valence-corrected chi connectivity index (χ0v) is 36.7. The smallest absolute Gasteiger partial charge is 0.124 e. The SMILES string of the molecule is N#Cc1c[nH]c2c1c1cc(-c3ccc(-c4ccc5c(-c6c7ccccc7cc7ccccc67)c6ccccc6c(-c6c7ccccc7cc7ccccc67)c5c4)nc3)ccc1n2-c1ccccc1. The highest BCUT2D eigenvalue weighted by Gasteiger charge is 2.24. The van der Waals surface area contributed by atoms with E-state index in [4.69, 9.17) is 4.98 Å². The van der Waals surface area contributed by atoms with E-state index < -0.39 is 0 Å². The van der Waals surface area contributed by atoms with E-state index in [1.54, 1.807) is 6.20 Å². The maximum Gasteiger partial charge on any atom is 0.124 e. The summed E-state index contributed by atoms with van der Waals surface area (Å²) in [6.07, 6.45) is 3.79. The number of aromatic amines is 1. The number of nitrogens with zero attached hydrogens (tertiary/aromatic N) is 3. The molecule has 14 rings (SSSR count). The van der Waals surface area contributed by atoms with E-state index in [2.05, 4.69) is 210 Å². The van der Waals surface area contributed by atoms with Gasteiger partial charge in [0.25, 0.3) is 0 Å². The predicted molar refractivity (Wildman–Crippen MR) is 284 cm³/mol. The lowest BCUT2D eigenvalue weighted by molar-refractivity contribution is 1.14. The van der Waals surface area contributed by atoms with E-state index in [-0.39, 0.29) is 0 Å². The quantitative estimate of drug-likeness (QED) is 0.175. The van der Waals surface area contributed by atoms with Crippen molar-refractivity contribution in [2.24, 2.45) is 0 Å². The third-order valence-corrected chi connectivity index (χ3v) is 14.2. The second kappa shape index (κ2) is 14.9. The first-order valence-corrected chi connectivity index (χ1v) is 23.1. The summed E-state index contributed by atoms with van der Waals surface area (Å²) in [6.45, 7) is 0. The number of pyridine rings is 1. The molecule has 0 fully saturated rings. The second-order valence-electron chi connectivity index (χ2n) is 17.8. The van der Waals surface area contributed by atoms with Crippen LogP contribution in [-0.2, 0) is 0 Å². The second-order valence-corrected chi connectivity index (χ2v) is 17.8. The van der Waals surface area contributed by atoms with Gasteiger partial charge in [0.1, 0.15) is 11.7 Å². The lowest BCUT2D eigenvalue weighted by atomic mass is 9.80. The molecule has 0 atom stereocenters. The number of nitriles is 1. The first kappa shape index (κ1) is 38.0. The molecule has 0 radical (unpaired) electrons. The third-order valence-electron chi connectivity index (χ3n) is 14.2. The highest BCUT2D eigenvalue weighted by Crippen LogP contribution is 2.51. The normalized spacial score (nSPS) is 11.8. The lowest BCUT2D eigenvalue weighted by Gasteiger charge is -2.22. The molecule has 0 saturated heterocycles. The molecule has 4 heteroatoms. The van der Waals surface area contributed by atoms with Crippen LogP contribution in [-0.4, -0.2) is 14.5 Å². The minimum atomic E-state index is 0.627. The Balaban J connectivity index is 1.02. The van der Waals surface area contributed by atoms with Crippen molar-refractivity contribution in [1.82, 2.24) is 14.5 Å². The Morgan fingerprint density at radius 1 is 0.397 bits per heavy atom. The Kier molecular flexibility index (Phi) is 8.31. The molecule has 0 spiro atoms. The highest BCUT2D eigenvalue weighted by molar-refractivity contribution is 6.31. The van der Waals surface area contributed by atoms with Crippen molar-refractivity contribution in [2.75, 3.05) is 0 Å². The molecule has 3 aromatic heterocycles. The standard InChI is InChI=1S/C64H38N4/c65-36-46-38-67-64-59(46)56-34-39(28-31-58(56)68(64)47-18-2-1-3-19-47)45-27-30-57(66-37-45)44-26-29-54-55(35-44)63(61-50-22-10-6-16-42(50)33-43-17-7-11-23-51(43)61)53-25-13-12-24-52(53)62(54)60-48-20-8-4-14-40(48)32-41-15-5-9-21-49(41)60/h1-35,37-38,67H. The summed E-state index contributed by atoms with van der Waals surface area (Å²) >= 11 is 0. The van der Waals surface area contributed by atoms with Gasteiger partial charge < -0.3 is 4.98 Å². The molecule has 0 amide bonds. The van der Waals surface area contributed by atoms with Crippen LogP contribution in [0, 0.1) is 11.3 Å². The van der Waals surface area contributed by atoms with Crippen molar-refractivity contribution >= 4 is 86.6 Å². The number of nitrogens with one attached hydrogen (secondary N) is 1. The molecule has 314 valence electrons. The number of fused-ring (bicyclic) bond motifs is 9. The Morgan fingerprint density at radius 2 is 0.868 bits per heavy atom. The number of H-pyrrole nitrogens is 1. The zero-order valence-electron chi connectivity index (χ0n) is 36.7. The Hall–Kier alpha value is -9.30. The largest absolute Gasteiger partial charge is 0.346 e. The minimum absolute atomic E-state index is 0.627. The number of hydrogen-bond acceptors (Lipinski definition) is 2. The number of hydrogen-bond donors (Lipinski definition) is 1. The summed E-state index contributed by atoms with van der Waals surface area (Å²) in [5, 5.41) is 26.7. The fourth-order valence-corrected chi connectivity index (χ4v) is 11.2. The van der Waals surface area contributed by atoms with Gasteiger partial charge in [-0.25, -0.2) is 0 Å². The van der Waals surface area contributed by atoms with Gasteiger partial charge in [0.05, 0.1) is 16.8 Å². The van der Waals surface area contributed by atoms with Crippen LogP contribution in [0.5, 0.6) is 0 Å². The monoisotopic (exact) mass is 862 g/mol. The van der Waals surface area contributed by atoms with Crippen molar-refractivity contribution in [3.63, 3.8) is 0 Å². The summed E-state index contributed by atoms with van der Waals surface area (Å²) in [4.78, 5) is 8.61. The van der Waals surface area contributed by atoms with Crippen molar-refractivity contribution in [3.8, 4) is 56.4 Å². The van der Waals surface area contributed by atoms with Crippen LogP contribution in [0.3, 0.4) is 0 Å². The molecule has 68 heavy (non-hydrogen) atoms. The van der Waals surface area contributed by atoms with Gasteiger partial charge in [0.15, 0.2) is 0 Å². The Morgan fingerprint density at radius 3 is 1.43 bits per heavy atom. The average Bonchev–Trinajstić information content (AvgIpc) is 3.97. The summed E-state index contributed by atoms with van der Waals surface area (Å²) in [7, 11) is 0. The van der Waals surface area contributed by atoms with Crippen LogP contribution in [0.15, 0.2) is 225 Å². The zero-order chi connectivity index (χ0) is 44.9. The van der Waals surface area contributed by atoms with E-state index in [0.717, 1.165) is 50.0 Å². The average molecular weight is 863 g/mol. The Labute approximate surface area is 391 Å². The lowest BCUT2D eigenvalue weighted by Crippen LogP contribution is -1.95. The number of para-hydroxylation sites is 1. The van der Waals surface area contributed by atoms with E-state index in [1.165, 1.54) is 86.9 Å². The predicted octanol–water partition coefficient (Wildman–Crippen LogP) is 17.0. The molecular weight excluding hydrogens is 825 g/mol. The first-order valence-electron chi connectivity index (χ1n) is 23.1. The van der Waals surface area contributed by atoms with Gasteiger partial charge in [0.2, 0.25) is 0 Å². The fourth-order valence-electron chi connectivity index (χ4n) is 11.2. The first-order chi connectivity index (χ1) is 33.7. The summed E-state index contributed by atoms with van der Waals surface area (Å²) in [5.41, 5.74) is 12.5. The van der Waals surface area contributed by atoms with Gasteiger partial charge in [0, 0.05) is 40.0 Å². The van der Waals surface area contributed by atoms with Crippen LogP contribution < -0.4 is 0 Å². The molecule has 11 aromatic carbocycles. The third kappa shape index (κ3) is 5.63. The molecule has 0 unspecified atom stereocenters. The van der Waals surface area contributed by atoms with Gasteiger partial charge in [-0.1, -0.05) is 164 Å². The van der Waals surface area contributed by atoms with Gasteiger partial charge in [-0.2, -0.15) is 5.26 Å². The van der Waals surface area contributed by atoms with Crippen molar-refractivity contribution in [1.29, 1.82) is 5.26 Å². The Bertz CT molecular complexity index is 4330. The summed E-state index contributed by atoms with van der Waals surface area (Å²) < 4.78 is 2.20. The molecule has 4 nitrogen and oxygen atoms in total. The van der Waals surface area contributed by atoms with E-state index in [9.17, 15) is 5.26 Å². The van der Waals surface area contributed by atoms with Crippen molar-refractivity contribution in [2.45, 2.75) is 0 Å². The van der Waals surface area contributed by atoms with Gasteiger partial charge in [-0.3, -0.25) is 9.55 Å². The number of aromatic nitrogens is 3. The van der Waals surface area contributed by atoms with Gasteiger partial charge >= 0.3 is 0 Å². The maximum absolute atomic E-state index is 10.2. The molecular formula is C64H38N4. The topological polar surface area (TPSA) is 57.4 Å². The number of rotatable bonds is 5. The minimum Gasteiger partial charge on any atom is -0.346 e. The molecule has 3 heterocycles. The molecule has 0 saturated carbocycles. The summed E-state index contributed by atoms with van der Waals surface area (Å²) in [5.74, 6) is 0. The van der Waals surface area contributed by atoms with Crippen LogP contribution in [0.25, 0.3) is 137 Å². The highest BCUT2D eigenvalue weighted by atomic mass is 15.0. The summed E-state index contributed by atoms with van der Waals surface area (Å²) in [6, 6.07) is 79.5. The van der Waals surface area contributed by atoms with Crippen molar-refractivity contribution < 1.29 is 0 Å². The number of benzene rings is 11.